The normalized spacial score (nSPS) is 12.3. The van der Waals surface area contributed by atoms with Crippen molar-refractivity contribution in [3.05, 3.63) is 59.6 Å². The number of anilines is 3. The van der Waals surface area contributed by atoms with Gasteiger partial charge in [0.25, 0.3) is 0 Å². The monoisotopic (exact) mass is 438 g/mol. The van der Waals surface area contributed by atoms with Crippen molar-refractivity contribution in [2.75, 3.05) is 17.2 Å². The molecule has 0 aliphatic carbocycles. The van der Waals surface area contributed by atoms with E-state index >= 15 is 0 Å². The van der Waals surface area contributed by atoms with E-state index in [1.165, 1.54) is 18.2 Å². The molecule has 158 valence electrons. The predicted molar refractivity (Wildman–Crippen MR) is 109 cm³/mol. The summed E-state index contributed by atoms with van der Waals surface area (Å²) in [6, 6.07) is 13.7. The first-order valence-corrected chi connectivity index (χ1v) is 9.25. The quantitative estimate of drug-likeness (QED) is 0.468. The first kappa shape index (κ1) is 21.7. The molecule has 3 N–H and O–H groups in total. The topological polar surface area (TPSA) is 79.3 Å². The van der Waals surface area contributed by atoms with E-state index in [1.807, 2.05) is 0 Å². The highest BCUT2D eigenvalue weighted by Crippen LogP contribution is 2.29. The van der Waals surface area contributed by atoms with Crippen LogP contribution in [0.15, 0.2) is 54.6 Å². The van der Waals surface area contributed by atoms with Crippen molar-refractivity contribution >= 4 is 29.1 Å². The fourth-order valence-corrected chi connectivity index (χ4v) is 2.65. The maximum absolute atomic E-state index is 12.6. The maximum atomic E-state index is 12.6. The van der Waals surface area contributed by atoms with Crippen LogP contribution in [0.1, 0.15) is 6.92 Å². The second kappa shape index (κ2) is 9.19. The van der Waals surface area contributed by atoms with E-state index in [0.29, 0.717) is 27.8 Å². The molecule has 1 atom stereocenters. The smallest absolute Gasteiger partial charge is 0.406 e. The first-order valence-electron chi connectivity index (χ1n) is 8.87. The number of hydrogen-bond acceptors (Lipinski definition) is 6. The van der Waals surface area contributed by atoms with Gasteiger partial charge in [0, 0.05) is 28.4 Å². The number of nitrogens with zero attached hydrogens (tertiary/aromatic N) is 2. The molecule has 0 fully saturated rings. The maximum Gasteiger partial charge on any atom is 0.573 e. The minimum absolute atomic E-state index is 0.150. The van der Waals surface area contributed by atoms with Gasteiger partial charge in [-0.3, -0.25) is 0 Å². The third-order valence-corrected chi connectivity index (χ3v) is 4.11. The Kier molecular flexibility index (Phi) is 6.63. The van der Waals surface area contributed by atoms with E-state index in [1.54, 1.807) is 43.3 Å². The molecule has 0 amide bonds. The summed E-state index contributed by atoms with van der Waals surface area (Å²) in [6.45, 7) is 1.59. The Morgan fingerprint density at radius 2 is 1.83 bits per heavy atom. The van der Waals surface area contributed by atoms with E-state index in [-0.39, 0.29) is 24.3 Å². The van der Waals surface area contributed by atoms with Crippen LogP contribution in [0.2, 0.25) is 5.02 Å². The van der Waals surface area contributed by atoms with E-state index in [9.17, 15) is 18.3 Å². The minimum Gasteiger partial charge on any atom is -0.406 e. The van der Waals surface area contributed by atoms with Crippen molar-refractivity contribution in [2.45, 2.75) is 19.3 Å². The van der Waals surface area contributed by atoms with Gasteiger partial charge < -0.3 is 20.5 Å². The Hall–Kier alpha value is -3.04. The second-order valence-corrected chi connectivity index (χ2v) is 6.83. The van der Waals surface area contributed by atoms with Crippen LogP contribution in [0, 0.1) is 0 Å². The van der Waals surface area contributed by atoms with E-state index in [4.69, 9.17) is 11.6 Å². The Labute approximate surface area is 175 Å². The number of aliphatic hydroxyl groups is 1. The highest BCUT2D eigenvalue weighted by atomic mass is 35.5. The van der Waals surface area contributed by atoms with Gasteiger partial charge in [0.1, 0.15) is 11.6 Å². The molecule has 0 saturated carbocycles. The van der Waals surface area contributed by atoms with Crippen molar-refractivity contribution in [1.82, 2.24) is 9.97 Å². The molecular formula is C20H18ClF3N4O2. The van der Waals surface area contributed by atoms with Gasteiger partial charge in [-0.05, 0) is 43.3 Å². The van der Waals surface area contributed by atoms with Crippen molar-refractivity contribution in [3.63, 3.8) is 0 Å². The first-order chi connectivity index (χ1) is 14.2. The molecule has 0 aliphatic rings. The predicted octanol–water partition coefficient (Wildman–Crippen LogP) is 5.23. The molecule has 1 heterocycles. The molecular weight excluding hydrogens is 421 g/mol. The summed E-state index contributed by atoms with van der Waals surface area (Å²) in [5.41, 5.74) is 1.47. The Balaban J connectivity index is 1.97. The largest absolute Gasteiger partial charge is 0.573 e. The third-order valence-electron chi connectivity index (χ3n) is 3.86. The molecule has 3 aromatic rings. The lowest BCUT2D eigenvalue weighted by Gasteiger charge is -2.15. The summed E-state index contributed by atoms with van der Waals surface area (Å²) >= 11 is 5.90. The van der Waals surface area contributed by atoms with Gasteiger partial charge in [-0.25, -0.2) is 4.98 Å². The molecule has 10 heteroatoms. The fraction of sp³-hybridized carbons (Fsp3) is 0.200. The van der Waals surface area contributed by atoms with Gasteiger partial charge in [-0.2, -0.15) is 4.98 Å². The van der Waals surface area contributed by atoms with E-state index < -0.39 is 6.36 Å². The number of aromatic nitrogens is 2. The summed E-state index contributed by atoms with van der Waals surface area (Å²) in [4.78, 5) is 8.71. The summed E-state index contributed by atoms with van der Waals surface area (Å²) in [6.07, 6.45) is -4.80. The van der Waals surface area contributed by atoms with Crippen LogP contribution in [-0.4, -0.2) is 34.1 Å². The molecule has 0 saturated heterocycles. The highest BCUT2D eigenvalue weighted by Gasteiger charge is 2.31. The van der Waals surface area contributed by atoms with Crippen LogP contribution >= 0.6 is 11.6 Å². The molecule has 0 spiro atoms. The van der Waals surface area contributed by atoms with Crippen molar-refractivity contribution in [3.8, 4) is 17.0 Å². The number of benzene rings is 2. The molecule has 1 aromatic heterocycles. The average molecular weight is 439 g/mol. The van der Waals surface area contributed by atoms with Gasteiger partial charge >= 0.3 is 6.36 Å². The lowest BCUT2D eigenvalue weighted by Crippen LogP contribution is -2.21. The number of hydrogen-bond donors (Lipinski definition) is 3. The Morgan fingerprint density at radius 3 is 2.50 bits per heavy atom. The zero-order chi connectivity index (χ0) is 21.7. The van der Waals surface area contributed by atoms with Crippen LogP contribution in [0.25, 0.3) is 11.3 Å². The number of nitrogens with one attached hydrogen (secondary N) is 2. The number of halogens is 4. The molecule has 0 unspecified atom stereocenters. The summed E-state index contributed by atoms with van der Waals surface area (Å²) in [7, 11) is 0. The fourth-order valence-electron chi connectivity index (χ4n) is 2.52. The highest BCUT2D eigenvalue weighted by molar-refractivity contribution is 6.30. The summed E-state index contributed by atoms with van der Waals surface area (Å²) in [5, 5.41) is 15.9. The summed E-state index contributed by atoms with van der Waals surface area (Å²) < 4.78 is 41.7. The van der Waals surface area contributed by atoms with Gasteiger partial charge in [0.15, 0.2) is 0 Å². The van der Waals surface area contributed by atoms with Gasteiger partial charge in [-0.15, -0.1) is 13.2 Å². The zero-order valence-electron chi connectivity index (χ0n) is 15.7. The van der Waals surface area contributed by atoms with Crippen LogP contribution in [0.5, 0.6) is 5.75 Å². The van der Waals surface area contributed by atoms with E-state index in [0.717, 1.165) is 0 Å². The van der Waals surface area contributed by atoms with Crippen LogP contribution in [0.3, 0.4) is 0 Å². The lowest BCUT2D eigenvalue weighted by atomic mass is 10.1. The van der Waals surface area contributed by atoms with Gasteiger partial charge in [-0.1, -0.05) is 23.7 Å². The molecule has 6 nitrogen and oxygen atoms in total. The molecule has 0 radical (unpaired) electrons. The zero-order valence-corrected chi connectivity index (χ0v) is 16.5. The minimum atomic E-state index is -4.80. The number of alkyl halides is 3. The Bertz CT molecular complexity index is 1000. The standard InChI is InChI=1S/C20H18ClF3N4O2/c1-12(11-29)25-19-27-17(13-3-2-4-16(9-13)30-20(22,23)24)10-18(28-19)26-15-7-5-14(21)6-8-15/h2-10,12,29H,11H2,1H3,(H2,25,26,27,28)/t12-/m1/s1. The van der Waals surface area contributed by atoms with Crippen molar-refractivity contribution < 1.29 is 23.0 Å². The number of aliphatic hydroxyl groups excluding tert-OH is 1. The summed E-state index contributed by atoms with van der Waals surface area (Å²) in [5.74, 6) is 0.244. The lowest BCUT2D eigenvalue weighted by molar-refractivity contribution is -0.274. The van der Waals surface area contributed by atoms with Crippen LogP contribution < -0.4 is 15.4 Å². The molecule has 30 heavy (non-hydrogen) atoms. The van der Waals surface area contributed by atoms with Crippen LogP contribution in [-0.2, 0) is 0 Å². The van der Waals surface area contributed by atoms with Gasteiger partial charge in [0.2, 0.25) is 5.95 Å². The molecule has 0 bridgehead atoms. The average Bonchev–Trinajstić information content (AvgIpc) is 2.68. The molecule has 0 aliphatic heterocycles. The number of ether oxygens (including phenoxy) is 1. The molecule has 2 aromatic carbocycles. The van der Waals surface area contributed by atoms with Crippen molar-refractivity contribution in [1.29, 1.82) is 0 Å². The van der Waals surface area contributed by atoms with E-state index in [2.05, 4.69) is 25.3 Å². The second-order valence-electron chi connectivity index (χ2n) is 6.40. The molecule has 3 rings (SSSR count). The number of rotatable bonds is 7. The van der Waals surface area contributed by atoms with Gasteiger partial charge in [0.05, 0.1) is 12.3 Å². The third kappa shape index (κ3) is 6.23. The van der Waals surface area contributed by atoms with Crippen LogP contribution in [0.4, 0.5) is 30.6 Å². The SMILES string of the molecule is C[C@H](CO)Nc1nc(Nc2ccc(Cl)cc2)cc(-c2cccc(OC(F)(F)F)c2)n1. The Morgan fingerprint density at radius 1 is 1.10 bits per heavy atom. The van der Waals surface area contributed by atoms with Crippen molar-refractivity contribution in [2.24, 2.45) is 0 Å².